The number of para-hydroxylation sites is 1. The van der Waals surface area contributed by atoms with Crippen molar-refractivity contribution in [3.8, 4) is 5.69 Å². The number of thioether (sulfide) groups is 1. The molecule has 2 N–H and O–H groups in total. The Hall–Kier alpha value is -2.54. The highest BCUT2D eigenvalue weighted by Crippen LogP contribution is 2.21. The summed E-state index contributed by atoms with van der Waals surface area (Å²) in [4.78, 5) is 31.0. The van der Waals surface area contributed by atoms with Crippen molar-refractivity contribution in [3.63, 3.8) is 0 Å². The number of nitrogens with one attached hydrogen (secondary N) is 1. The summed E-state index contributed by atoms with van der Waals surface area (Å²) in [5.74, 6) is -1.11. The molecular formula is C15H13N3O3S. The molecule has 22 heavy (non-hydrogen) atoms. The van der Waals surface area contributed by atoms with E-state index in [0.717, 1.165) is 17.5 Å². The molecule has 112 valence electrons. The van der Waals surface area contributed by atoms with E-state index >= 15 is 0 Å². The Morgan fingerprint density at radius 3 is 2.77 bits per heavy atom. The number of aromatic amines is 1. The van der Waals surface area contributed by atoms with Crippen LogP contribution in [0.25, 0.3) is 16.7 Å². The smallest absolute Gasteiger partial charge is 0.313 e. The van der Waals surface area contributed by atoms with E-state index in [-0.39, 0.29) is 11.3 Å². The zero-order valence-corrected chi connectivity index (χ0v) is 12.6. The number of fused-ring (bicyclic) bond motifs is 1. The lowest BCUT2D eigenvalue weighted by atomic mass is 10.3. The molecule has 0 aliphatic rings. The van der Waals surface area contributed by atoms with Crippen molar-refractivity contribution in [2.75, 3.05) is 5.75 Å². The molecule has 0 saturated heterocycles. The molecule has 3 rings (SSSR count). The van der Waals surface area contributed by atoms with Crippen LogP contribution < -0.4 is 5.56 Å². The van der Waals surface area contributed by atoms with Gasteiger partial charge in [-0.05, 0) is 25.1 Å². The van der Waals surface area contributed by atoms with Gasteiger partial charge in [0.2, 0.25) is 0 Å². The predicted molar refractivity (Wildman–Crippen MR) is 84.8 cm³/mol. The van der Waals surface area contributed by atoms with Gasteiger partial charge in [-0.2, -0.15) is 0 Å². The van der Waals surface area contributed by atoms with Crippen molar-refractivity contribution in [1.82, 2.24) is 14.5 Å². The summed E-state index contributed by atoms with van der Waals surface area (Å²) in [6.45, 7) is 1.85. The maximum atomic E-state index is 12.7. The second-order valence-electron chi connectivity index (χ2n) is 4.77. The molecule has 0 aliphatic carbocycles. The van der Waals surface area contributed by atoms with Crippen molar-refractivity contribution in [3.05, 3.63) is 52.4 Å². The number of aromatic nitrogens is 3. The van der Waals surface area contributed by atoms with Crippen LogP contribution in [0.5, 0.6) is 0 Å². The topological polar surface area (TPSA) is 88.0 Å². The zero-order valence-electron chi connectivity index (χ0n) is 11.7. The number of carboxylic acids is 1. The van der Waals surface area contributed by atoms with Gasteiger partial charge in [0, 0.05) is 5.69 Å². The number of carboxylic acid groups (broad SMARTS) is 1. The third kappa shape index (κ3) is 2.62. The molecule has 0 spiro atoms. The number of H-pyrrole nitrogens is 1. The van der Waals surface area contributed by atoms with Crippen LogP contribution in [0.2, 0.25) is 0 Å². The quantitative estimate of drug-likeness (QED) is 0.569. The average Bonchev–Trinajstić information content (AvgIpc) is 2.87. The molecule has 3 aromatic rings. The molecule has 0 fully saturated rings. The third-order valence-corrected chi connectivity index (χ3v) is 4.02. The number of nitrogens with zero attached hydrogens (tertiary/aromatic N) is 2. The fourth-order valence-corrected chi connectivity index (χ4v) is 2.94. The summed E-state index contributed by atoms with van der Waals surface area (Å²) in [5, 5.41) is 9.25. The summed E-state index contributed by atoms with van der Waals surface area (Å²) in [6.07, 6.45) is 0. The molecule has 0 amide bonds. The van der Waals surface area contributed by atoms with Gasteiger partial charge in [0.15, 0.2) is 5.16 Å². The molecule has 0 radical (unpaired) electrons. The third-order valence-electron chi connectivity index (χ3n) is 3.10. The number of hydrogen-bond donors (Lipinski definition) is 2. The van der Waals surface area contributed by atoms with Crippen molar-refractivity contribution in [2.24, 2.45) is 0 Å². The number of aliphatic carboxylic acids is 1. The van der Waals surface area contributed by atoms with E-state index < -0.39 is 5.97 Å². The Kier molecular flexibility index (Phi) is 3.72. The Morgan fingerprint density at radius 2 is 2.09 bits per heavy atom. The highest BCUT2D eigenvalue weighted by Gasteiger charge is 2.15. The van der Waals surface area contributed by atoms with Crippen LogP contribution in [-0.2, 0) is 4.79 Å². The van der Waals surface area contributed by atoms with E-state index in [1.165, 1.54) is 4.57 Å². The van der Waals surface area contributed by atoms with Gasteiger partial charge in [-0.3, -0.25) is 14.2 Å². The molecule has 0 atom stereocenters. The van der Waals surface area contributed by atoms with Gasteiger partial charge in [-0.25, -0.2) is 4.98 Å². The molecule has 7 heteroatoms. The summed E-state index contributed by atoms with van der Waals surface area (Å²) >= 11 is 1.03. The van der Waals surface area contributed by atoms with E-state index in [9.17, 15) is 9.59 Å². The van der Waals surface area contributed by atoms with Gasteiger partial charge in [0.1, 0.15) is 5.52 Å². The fraction of sp³-hybridized carbons (Fsp3) is 0.133. The first-order chi connectivity index (χ1) is 10.6. The normalized spacial score (nSPS) is 11.0. The second-order valence-corrected chi connectivity index (χ2v) is 5.71. The highest BCUT2D eigenvalue weighted by atomic mass is 32.2. The van der Waals surface area contributed by atoms with Gasteiger partial charge in [0.25, 0.3) is 5.56 Å². The number of hydrogen-bond acceptors (Lipinski definition) is 4. The van der Waals surface area contributed by atoms with Crippen molar-refractivity contribution in [2.45, 2.75) is 12.1 Å². The molecule has 1 aromatic carbocycles. The molecule has 0 bridgehead atoms. The largest absolute Gasteiger partial charge is 0.481 e. The Morgan fingerprint density at radius 1 is 1.36 bits per heavy atom. The van der Waals surface area contributed by atoms with Crippen LogP contribution in [0.15, 0.2) is 46.3 Å². The molecule has 2 aromatic heterocycles. The fourth-order valence-electron chi connectivity index (χ4n) is 2.21. The van der Waals surface area contributed by atoms with E-state index in [1.54, 1.807) is 18.2 Å². The predicted octanol–water partition coefficient (Wildman–Crippen LogP) is 2.20. The van der Waals surface area contributed by atoms with Crippen molar-refractivity contribution in [1.29, 1.82) is 0 Å². The summed E-state index contributed by atoms with van der Waals surface area (Å²) < 4.78 is 1.44. The van der Waals surface area contributed by atoms with Gasteiger partial charge >= 0.3 is 5.97 Å². The molecule has 6 nitrogen and oxygen atoms in total. The first kappa shape index (κ1) is 14.4. The average molecular weight is 315 g/mol. The summed E-state index contributed by atoms with van der Waals surface area (Å²) in [6, 6.07) is 10.8. The van der Waals surface area contributed by atoms with E-state index in [2.05, 4.69) is 9.97 Å². The van der Waals surface area contributed by atoms with E-state index in [0.29, 0.717) is 21.9 Å². The second kappa shape index (κ2) is 5.69. The summed E-state index contributed by atoms with van der Waals surface area (Å²) in [7, 11) is 0. The van der Waals surface area contributed by atoms with Gasteiger partial charge < -0.3 is 10.1 Å². The molecule has 0 aliphatic heterocycles. The number of aryl methyl sites for hydroxylation is 1. The number of rotatable bonds is 4. The zero-order chi connectivity index (χ0) is 15.7. The molecular weight excluding hydrogens is 302 g/mol. The first-order valence-electron chi connectivity index (χ1n) is 6.58. The lowest BCUT2D eigenvalue weighted by molar-refractivity contribution is -0.133. The van der Waals surface area contributed by atoms with Gasteiger partial charge in [0.05, 0.1) is 17.0 Å². The Labute approximate surface area is 129 Å². The minimum Gasteiger partial charge on any atom is -0.481 e. The van der Waals surface area contributed by atoms with Crippen LogP contribution in [0.4, 0.5) is 0 Å². The lowest BCUT2D eigenvalue weighted by Crippen LogP contribution is -2.22. The van der Waals surface area contributed by atoms with Crippen molar-refractivity contribution >= 4 is 28.8 Å². The standard InChI is InChI=1S/C15H13N3O3S/c1-9-7-11-13(16-9)14(21)18(10-5-3-2-4-6-10)15(17-11)22-8-12(19)20/h2-7,16H,8H2,1H3,(H,19,20). The number of carbonyl (C=O) groups is 1. The number of benzene rings is 1. The molecule has 0 unspecified atom stereocenters. The van der Waals surface area contributed by atoms with Gasteiger partial charge in [-0.1, -0.05) is 30.0 Å². The first-order valence-corrected chi connectivity index (χ1v) is 7.57. The van der Waals surface area contributed by atoms with Crippen LogP contribution >= 0.6 is 11.8 Å². The lowest BCUT2D eigenvalue weighted by Gasteiger charge is -2.11. The Bertz CT molecular complexity index is 900. The summed E-state index contributed by atoms with van der Waals surface area (Å²) in [5.41, 5.74) is 2.21. The minimum absolute atomic E-state index is 0.159. The maximum absolute atomic E-state index is 12.7. The van der Waals surface area contributed by atoms with Gasteiger partial charge in [-0.15, -0.1) is 0 Å². The van der Waals surface area contributed by atoms with E-state index in [1.807, 2.05) is 25.1 Å². The molecule has 0 saturated carbocycles. The maximum Gasteiger partial charge on any atom is 0.313 e. The van der Waals surface area contributed by atoms with Crippen LogP contribution in [0.1, 0.15) is 5.69 Å². The van der Waals surface area contributed by atoms with Crippen LogP contribution in [0, 0.1) is 6.92 Å². The highest BCUT2D eigenvalue weighted by molar-refractivity contribution is 7.99. The van der Waals surface area contributed by atoms with Crippen LogP contribution in [0.3, 0.4) is 0 Å². The van der Waals surface area contributed by atoms with Crippen molar-refractivity contribution < 1.29 is 9.90 Å². The monoisotopic (exact) mass is 315 g/mol. The SMILES string of the molecule is Cc1cc2nc(SCC(=O)O)n(-c3ccccc3)c(=O)c2[nH]1. The van der Waals surface area contributed by atoms with E-state index in [4.69, 9.17) is 5.11 Å². The minimum atomic E-state index is -0.954. The molecule has 2 heterocycles. The van der Waals surface area contributed by atoms with Crippen LogP contribution in [-0.4, -0.2) is 31.4 Å². The Balaban J connectivity index is 2.26.